The van der Waals surface area contributed by atoms with Crippen molar-refractivity contribution < 1.29 is 24.1 Å². The van der Waals surface area contributed by atoms with Gasteiger partial charge in [-0.05, 0) is 49.6 Å². The van der Waals surface area contributed by atoms with Crippen molar-refractivity contribution in [1.29, 1.82) is 0 Å². The fourth-order valence-corrected chi connectivity index (χ4v) is 2.71. The van der Waals surface area contributed by atoms with Crippen molar-refractivity contribution in [3.05, 3.63) is 53.1 Å². The molecule has 2 aromatic carbocycles. The first-order valence-corrected chi connectivity index (χ1v) is 8.08. The quantitative estimate of drug-likeness (QED) is 0.616. The summed E-state index contributed by atoms with van der Waals surface area (Å²) in [5, 5.41) is 9.83. The number of aliphatic hydroxyl groups is 1. The number of esters is 1. The maximum atomic E-state index is 11.9. The molecule has 134 valence electrons. The summed E-state index contributed by atoms with van der Waals surface area (Å²) >= 11 is 0. The molecule has 0 aromatic heterocycles. The first-order valence-electron chi connectivity index (χ1n) is 8.08. The van der Waals surface area contributed by atoms with Gasteiger partial charge in [0, 0.05) is 12.7 Å². The number of rotatable bonds is 7. The predicted molar refractivity (Wildman–Crippen MR) is 95.8 cm³/mol. The molecule has 0 amide bonds. The van der Waals surface area contributed by atoms with Gasteiger partial charge in [0.2, 0.25) is 0 Å². The summed E-state index contributed by atoms with van der Waals surface area (Å²) in [4.78, 5) is 11.9. The SMILES string of the molecule is COCOc1ccc(C(=O)OC)cc1-c1ccc(C)cc1C[C@H](C)O. The lowest BCUT2D eigenvalue weighted by atomic mass is 9.93. The van der Waals surface area contributed by atoms with E-state index in [1.54, 1.807) is 32.2 Å². The topological polar surface area (TPSA) is 65.0 Å². The monoisotopic (exact) mass is 344 g/mol. The highest BCUT2D eigenvalue weighted by molar-refractivity contribution is 5.92. The van der Waals surface area contributed by atoms with Crippen LogP contribution >= 0.6 is 0 Å². The van der Waals surface area contributed by atoms with Crippen LogP contribution in [0.1, 0.15) is 28.4 Å². The van der Waals surface area contributed by atoms with Gasteiger partial charge in [0.05, 0.1) is 18.8 Å². The van der Waals surface area contributed by atoms with Crippen LogP contribution in [0.15, 0.2) is 36.4 Å². The van der Waals surface area contributed by atoms with Gasteiger partial charge in [0.15, 0.2) is 6.79 Å². The zero-order valence-electron chi connectivity index (χ0n) is 15.0. The maximum absolute atomic E-state index is 11.9. The predicted octanol–water partition coefficient (Wildman–Crippen LogP) is 3.35. The zero-order chi connectivity index (χ0) is 18.4. The molecule has 25 heavy (non-hydrogen) atoms. The molecule has 0 heterocycles. The number of benzene rings is 2. The van der Waals surface area contributed by atoms with E-state index in [9.17, 15) is 9.90 Å². The molecule has 0 aliphatic carbocycles. The Balaban J connectivity index is 2.59. The van der Waals surface area contributed by atoms with Gasteiger partial charge in [-0.15, -0.1) is 0 Å². The second-order valence-corrected chi connectivity index (χ2v) is 5.97. The van der Waals surface area contributed by atoms with Crippen LogP contribution in [-0.2, 0) is 15.9 Å². The van der Waals surface area contributed by atoms with Crippen molar-refractivity contribution in [1.82, 2.24) is 0 Å². The van der Waals surface area contributed by atoms with E-state index in [4.69, 9.17) is 14.2 Å². The van der Waals surface area contributed by atoms with Gasteiger partial charge in [0.1, 0.15) is 5.75 Å². The third kappa shape index (κ3) is 4.81. The molecule has 1 atom stereocenters. The first kappa shape index (κ1) is 19.0. The van der Waals surface area contributed by atoms with Gasteiger partial charge in [-0.25, -0.2) is 4.79 Å². The lowest BCUT2D eigenvalue weighted by Gasteiger charge is -2.17. The number of carbonyl (C=O) groups excluding carboxylic acids is 1. The van der Waals surface area contributed by atoms with Gasteiger partial charge >= 0.3 is 5.97 Å². The third-order valence-electron chi connectivity index (χ3n) is 3.80. The van der Waals surface area contributed by atoms with Crippen molar-refractivity contribution in [3.63, 3.8) is 0 Å². The lowest BCUT2D eigenvalue weighted by molar-refractivity contribution is 0.0514. The standard InChI is InChI=1S/C20H24O5/c1-13-5-7-17(16(9-13)10-14(2)21)18-11-15(20(22)24-4)6-8-19(18)25-12-23-3/h5-9,11,14,21H,10,12H2,1-4H3/t14-/m0/s1. The number of hydrogen-bond donors (Lipinski definition) is 1. The Morgan fingerprint density at radius 2 is 1.88 bits per heavy atom. The normalized spacial score (nSPS) is 11.9. The summed E-state index contributed by atoms with van der Waals surface area (Å²) in [7, 11) is 2.90. The fourth-order valence-electron chi connectivity index (χ4n) is 2.71. The van der Waals surface area contributed by atoms with Crippen LogP contribution in [-0.4, -0.2) is 38.2 Å². The van der Waals surface area contributed by atoms with E-state index >= 15 is 0 Å². The molecular weight excluding hydrogens is 320 g/mol. The average Bonchev–Trinajstić information content (AvgIpc) is 2.59. The van der Waals surface area contributed by atoms with Gasteiger partial charge < -0.3 is 19.3 Å². The van der Waals surface area contributed by atoms with Gasteiger partial charge in [-0.2, -0.15) is 0 Å². The minimum Gasteiger partial charge on any atom is -0.467 e. The van der Waals surface area contributed by atoms with E-state index in [0.29, 0.717) is 17.7 Å². The van der Waals surface area contributed by atoms with Crippen LogP contribution < -0.4 is 4.74 Å². The molecule has 5 nitrogen and oxygen atoms in total. The van der Waals surface area contributed by atoms with E-state index in [0.717, 1.165) is 22.3 Å². The van der Waals surface area contributed by atoms with Crippen LogP contribution in [0.5, 0.6) is 5.75 Å². The van der Waals surface area contributed by atoms with E-state index in [1.807, 2.05) is 25.1 Å². The van der Waals surface area contributed by atoms with Gasteiger partial charge in [-0.1, -0.05) is 23.8 Å². The van der Waals surface area contributed by atoms with Crippen molar-refractivity contribution in [3.8, 4) is 16.9 Å². The molecule has 0 bridgehead atoms. The molecule has 5 heteroatoms. The smallest absolute Gasteiger partial charge is 0.337 e. The van der Waals surface area contributed by atoms with Crippen LogP contribution in [0.4, 0.5) is 0 Å². The largest absolute Gasteiger partial charge is 0.467 e. The highest BCUT2D eigenvalue weighted by Gasteiger charge is 2.16. The van der Waals surface area contributed by atoms with Gasteiger partial charge in [-0.3, -0.25) is 0 Å². The molecule has 0 radical (unpaired) electrons. The summed E-state index contributed by atoms with van der Waals surface area (Å²) in [5.74, 6) is 0.189. The van der Waals surface area contributed by atoms with E-state index in [-0.39, 0.29) is 6.79 Å². The van der Waals surface area contributed by atoms with Crippen molar-refractivity contribution in [2.45, 2.75) is 26.4 Å². The zero-order valence-corrected chi connectivity index (χ0v) is 15.0. The molecule has 0 aliphatic rings. The van der Waals surface area contributed by atoms with E-state index in [2.05, 4.69) is 0 Å². The number of carbonyl (C=O) groups is 1. The molecule has 0 saturated carbocycles. The lowest BCUT2D eigenvalue weighted by Crippen LogP contribution is -2.08. The number of hydrogen-bond acceptors (Lipinski definition) is 5. The Labute approximate surface area is 148 Å². The summed E-state index contributed by atoms with van der Waals surface area (Å²) in [5.41, 5.74) is 4.19. The van der Waals surface area contributed by atoms with Crippen LogP contribution in [0, 0.1) is 6.92 Å². The number of methoxy groups -OCH3 is 2. The van der Waals surface area contributed by atoms with Crippen molar-refractivity contribution >= 4 is 5.97 Å². The highest BCUT2D eigenvalue weighted by atomic mass is 16.7. The Morgan fingerprint density at radius 1 is 1.12 bits per heavy atom. The van der Waals surface area contributed by atoms with Crippen LogP contribution in [0.2, 0.25) is 0 Å². The molecule has 0 unspecified atom stereocenters. The summed E-state index contributed by atoms with van der Waals surface area (Å²) < 4.78 is 15.5. The Morgan fingerprint density at radius 3 is 2.52 bits per heavy atom. The van der Waals surface area contributed by atoms with E-state index < -0.39 is 12.1 Å². The first-order chi connectivity index (χ1) is 12.0. The minimum atomic E-state index is -0.479. The maximum Gasteiger partial charge on any atom is 0.337 e. The van der Waals surface area contributed by atoms with Crippen molar-refractivity contribution in [2.75, 3.05) is 21.0 Å². The summed E-state index contributed by atoms with van der Waals surface area (Å²) in [6.07, 6.45) is 0.0242. The minimum absolute atomic E-state index is 0.0994. The molecule has 0 spiro atoms. The fraction of sp³-hybridized carbons (Fsp3) is 0.350. The average molecular weight is 344 g/mol. The number of ether oxygens (including phenoxy) is 3. The molecule has 2 aromatic rings. The molecular formula is C20H24O5. The second-order valence-electron chi connectivity index (χ2n) is 5.97. The molecule has 1 N–H and O–H groups in total. The number of aliphatic hydroxyl groups excluding tert-OH is 1. The van der Waals surface area contributed by atoms with Crippen LogP contribution in [0.25, 0.3) is 11.1 Å². The Kier molecular flexibility index (Phi) is 6.56. The molecule has 0 saturated heterocycles. The van der Waals surface area contributed by atoms with Crippen LogP contribution in [0.3, 0.4) is 0 Å². The molecule has 0 fully saturated rings. The van der Waals surface area contributed by atoms with Gasteiger partial charge in [0.25, 0.3) is 0 Å². The third-order valence-corrected chi connectivity index (χ3v) is 3.80. The Bertz CT molecular complexity index is 737. The highest BCUT2D eigenvalue weighted by Crippen LogP contribution is 2.35. The summed E-state index contributed by atoms with van der Waals surface area (Å²) in [6, 6.07) is 11.1. The second kappa shape index (κ2) is 8.65. The molecule has 2 rings (SSSR count). The van der Waals surface area contributed by atoms with Crippen molar-refractivity contribution in [2.24, 2.45) is 0 Å². The Hall–Kier alpha value is -2.37. The number of aryl methyl sites for hydroxylation is 1. The van der Waals surface area contributed by atoms with E-state index in [1.165, 1.54) is 7.11 Å². The molecule has 0 aliphatic heterocycles. The summed E-state index contributed by atoms with van der Waals surface area (Å²) in [6.45, 7) is 3.85.